The van der Waals surface area contributed by atoms with Gasteiger partial charge < -0.3 is 5.11 Å². The van der Waals surface area contributed by atoms with Crippen LogP contribution in [0.1, 0.15) is 29.4 Å². The van der Waals surface area contributed by atoms with Gasteiger partial charge in [-0.1, -0.05) is 24.9 Å². The molecule has 0 aliphatic heterocycles. The molecule has 0 spiro atoms. The van der Waals surface area contributed by atoms with Crippen molar-refractivity contribution in [3.8, 4) is 0 Å². The van der Waals surface area contributed by atoms with Gasteiger partial charge in [0, 0.05) is 0 Å². The lowest BCUT2D eigenvalue weighted by Gasteiger charge is -2.00. The van der Waals surface area contributed by atoms with Gasteiger partial charge in [0.15, 0.2) is 10.8 Å². The molecule has 1 aromatic rings. The Balaban J connectivity index is 3.03. The third kappa shape index (κ3) is 2.39. The van der Waals surface area contributed by atoms with Crippen molar-refractivity contribution in [2.75, 3.05) is 0 Å². The Bertz CT molecular complexity index is 328. The molecule has 0 bridgehead atoms. The minimum Gasteiger partial charge on any atom is -0.476 e. The van der Waals surface area contributed by atoms with E-state index in [1.807, 2.05) is 6.92 Å². The first kappa shape index (κ1) is 9.92. The third-order valence-electron chi connectivity index (χ3n) is 1.56. The summed E-state index contributed by atoms with van der Waals surface area (Å²) in [7, 11) is 0. The molecule has 0 aliphatic carbocycles. The second kappa shape index (κ2) is 4.18. The van der Waals surface area contributed by atoms with Gasteiger partial charge in [0.2, 0.25) is 0 Å². The van der Waals surface area contributed by atoms with E-state index >= 15 is 0 Å². The van der Waals surface area contributed by atoms with Crippen molar-refractivity contribution in [1.29, 1.82) is 0 Å². The normalized spacial score (nSPS) is 10.0. The number of carbonyl (C=O) groups is 1. The molecule has 5 heteroatoms. The molecule has 0 aromatic carbocycles. The molecule has 0 amide bonds. The van der Waals surface area contributed by atoms with Gasteiger partial charge in [-0.05, 0) is 18.1 Å². The summed E-state index contributed by atoms with van der Waals surface area (Å²) in [5.74, 6) is -1.08. The Morgan fingerprint density at radius 2 is 2.31 bits per heavy atom. The highest BCUT2D eigenvalue weighted by Gasteiger charge is 2.09. The van der Waals surface area contributed by atoms with Gasteiger partial charge in [-0.3, -0.25) is 0 Å². The molecule has 0 atom stereocenters. The molecule has 0 fully saturated rings. The second-order valence-corrected chi connectivity index (χ2v) is 2.96. The zero-order valence-corrected chi connectivity index (χ0v) is 7.88. The number of carboxylic acid groups (broad SMARTS) is 1. The average molecular weight is 201 g/mol. The molecule has 1 aromatic heterocycles. The Kier molecular flexibility index (Phi) is 3.19. The first-order valence-corrected chi connectivity index (χ1v) is 4.28. The molecule has 13 heavy (non-hydrogen) atoms. The van der Waals surface area contributed by atoms with Crippen molar-refractivity contribution >= 4 is 17.6 Å². The molecular formula is C8H9ClN2O2. The lowest BCUT2D eigenvalue weighted by atomic mass is 10.1. The van der Waals surface area contributed by atoms with Crippen LogP contribution in [0.15, 0.2) is 6.07 Å². The van der Waals surface area contributed by atoms with Crippen LogP contribution in [0.4, 0.5) is 0 Å². The number of carboxylic acids is 1. The van der Waals surface area contributed by atoms with Crippen molar-refractivity contribution in [2.24, 2.45) is 0 Å². The van der Waals surface area contributed by atoms with Crippen LogP contribution in [0.3, 0.4) is 0 Å². The number of hydrogen-bond donors (Lipinski definition) is 1. The molecule has 1 rings (SSSR count). The van der Waals surface area contributed by atoms with E-state index in [0.717, 1.165) is 12.0 Å². The van der Waals surface area contributed by atoms with Crippen LogP contribution in [0.2, 0.25) is 5.15 Å². The predicted molar refractivity (Wildman–Crippen MR) is 48.0 cm³/mol. The molecule has 4 nitrogen and oxygen atoms in total. The Morgan fingerprint density at radius 3 is 2.85 bits per heavy atom. The fourth-order valence-corrected chi connectivity index (χ4v) is 1.15. The highest BCUT2D eigenvalue weighted by atomic mass is 35.5. The van der Waals surface area contributed by atoms with E-state index in [9.17, 15) is 4.79 Å². The third-order valence-corrected chi connectivity index (χ3v) is 1.88. The summed E-state index contributed by atoms with van der Waals surface area (Å²) in [6, 6.07) is 1.46. The zero-order valence-electron chi connectivity index (χ0n) is 7.12. The second-order valence-electron chi connectivity index (χ2n) is 2.60. The van der Waals surface area contributed by atoms with Gasteiger partial charge >= 0.3 is 5.97 Å². The standard InChI is InChI=1S/C8H9ClN2O2/c1-2-3-5-4-6(8(12)13)10-11-7(5)9/h4H,2-3H2,1H3,(H,12,13). The monoisotopic (exact) mass is 200 g/mol. The van der Waals surface area contributed by atoms with E-state index in [2.05, 4.69) is 10.2 Å². The summed E-state index contributed by atoms with van der Waals surface area (Å²) in [6.07, 6.45) is 1.61. The van der Waals surface area contributed by atoms with Crippen molar-refractivity contribution in [3.05, 3.63) is 22.5 Å². The van der Waals surface area contributed by atoms with E-state index in [-0.39, 0.29) is 10.8 Å². The predicted octanol–water partition coefficient (Wildman–Crippen LogP) is 1.78. The van der Waals surface area contributed by atoms with Crippen molar-refractivity contribution in [2.45, 2.75) is 19.8 Å². The Hall–Kier alpha value is -1.16. The van der Waals surface area contributed by atoms with Gasteiger partial charge in [0.05, 0.1) is 0 Å². The van der Waals surface area contributed by atoms with Gasteiger partial charge in [-0.15, -0.1) is 10.2 Å². The van der Waals surface area contributed by atoms with Gasteiger partial charge in [0.25, 0.3) is 0 Å². The molecule has 1 heterocycles. The smallest absolute Gasteiger partial charge is 0.356 e. The van der Waals surface area contributed by atoms with Gasteiger partial charge in [-0.2, -0.15) is 0 Å². The fraction of sp³-hybridized carbons (Fsp3) is 0.375. The van der Waals surface area contributed by atoms with Crippen LogP contribution in [0, 0.1) is 0 Å². The summed E-state index contributed by atoms with van der Waals surface area (Å²) in [4.78, 5) is 10.5. The molecule has 0 saturated heterocycles. The fourth-order valence-electron chi connectivity index (χ4n) is 0.965. The number of aromatic carboxylic acids is 1. The van der Waals surface area contributed by atoms with Crippen LogP contribution >= 0.6 is 11.6 Å². The number of halogens is 1. The molecule has 0 radical (unpaired) electrons. The number of hydrogen-bond acceptors (Lipinski definition) is 3. The van der Waals surface area contributed by atoms with Crippen LogP contribution < -0.4 is 0 Å². The van der Waals surface area contributed by atoms with Crippen molar-refractivity contribution in [3.63, 3.8) is 0 Å². The number of nitrogens with zero attached hydrogens (tertiary/aromatic N) is 2. The van der Waals surface area contributed by atoms with Crippen molar-refractivity contribution < 1.29 is 9.90 Å². The maximum absolute atomic E-state index is 10.5. The van der Waals surface area contributed by atoms with Gasteiger partial charge in [0.1, 0.15) is 0 Å². The Labute approximate surface area is 80.6 Å². The topological polar surface area (TPSA) is 63.1 Å². The summed E-state index contributed by atoms with van der Waals surface area (Å²) >= 11 is 5.71. The van der Waals surface area contributed by atoms with Gasteiger partial charge in [-0.25, -0.2) is 4.79 Å². The van der Waals surface area contributed by atoms with Crippen molar-refractivity contribution in [1.82, 2.24) is 10.2 Å². The lowest BCUT2D eigenvalue weighted by Crippen LogP contribution is -2.04. The van der Waals surface area contributed by atoms with E-state index < -0.39 is 5.97 Å². The first-order valence-electron chi connectivity index (χ1n) is 3.90. The van der Waals surface area contributed by atoms with E-state index in [1.54, 1.807) is 0 Å². The molecular weight excluding hydrogens is 192 g/mol. The molecule has 0 aliphatic rings. The first-order chi connectivity index (χ1) is 6.15. The highest BCUT2D eigenvalue weighted by Crippen LogP contribution is 2.14. The van der Waals surface area contributed by atoms with Crippen LogP contribution in [0.5, 0.6) is 0 Å². The van der Waals surface area contributed by atoms with Crippen LogP contribution in [-0.4, -0.2) is 21.3 Å². The molecule has 70 valence electrons. The number of aromatic nitrogens is 2. The summed E-state index contributed by atoms with van der Waals surface area (Å²) in [5.41, 5.74) is 0.671. The van der Waals surface area contributed by atoms with Crippen LogP contribution in [0.25, 0.3) is 0 Å². The highest BCUT2D eigenvalue weighted by molar-refractivity contribution is 6.30. The molecule has 1 N–H and O–H groups in total. The average Bonchev–Trinajstić information content (AvgIpc) is 2.08. The summed E-state index contributed by atoms with van der Waals surface area (Å²) < 4.78 is 0. The molecule has 0 saturated carbocycles. The summed E-state index contributed by atoms with van der Waals surface area (Å²) in [5, 5.41) is 15.9. The largest absolute Gasteiger partial charge is 0.476 e. The van der Waals surface area contributed by atoms with Crippen LogP contribution in [-0.2, 0) is 6.42 Å². The minimum atomic E-state index is -1.08. The number of aryl methyl sites for hydroxylation is 1. The number of rotatable bonds is 3. The Morgan fingerprint density at radius 1 is 1.62 bits per heavy atom. The SMILES string of the molecule is CCCc1cc(C(=O)O)nnc1Cl. The maximum Gasteiger partial charge on any atom is 0.356 e. The maximum atomic E-state index is 10.5. The minimum absolute atomic E-state index is 0.0622. The van der Waals surface area contributed by atoms with E-state index in [0.29, 0.717) is 6.42 Å². The molecule has 0 unspecified atom stereocenters. The summed E-state index contributed by atoms with van der Waals surface area (Å²) in [6.45, 7) is 1.98. The lowest BCUT2D eigenvalue weighted by molar-refractivity contribution is 0.0689. The van der Waals surface area contributed by atoms with E-state index in [4.69, 9.17) is 16.7 Å². The van der Waals surface area contributed by atoms with E-state index in [1.165, 1.54) is 6.07 Å². The zero-order chi connectivity index (χ0) is 9.84. The quantitative estimate of drug-likeness (QED) is 0.808.